The quantitative estimate of drug-likeness (QED) is 0.383. The second-order valence-electron chi connectivity index (χ2n) is 14.5. The molecule has 2 saturated heterocycles. The molecule has 4 heterocycles. The number of fused-ring (bicyclic) bond motifs is 3. The molecule has 3 aromatic rings. The summed E-state index contributed by atoms with van der Waals surface area (Å²) in [5.41, 5.74) is 2.46. The van der Waals surface area contributed by atoms with Gasteiger partial charge < -0.3 is 29.6 Å². The Kier molecular flexibility index (Phi) is 8.42. The zero-order chi connectivity index (χ0) is 33.8. The molecule has 5 atom stereocenters. The Morgan fingerprint density at radius 1 is 1.00 bits per heavy atom. The second-order valence-corrected chi connectivity index (χ2v) is 14.5. The number of hydrogen-bond acceptors (Lipinski definition) is 6. The number of anilines is 2. The van der Waals surface area contributed by atoms with Gasteiger partial charge in [0.25, 0.3) is 5.91 Å². The number of nitrogens with zero attached hydrogens (tertiary/aromatic N) is 3. The van der Waals surface area contributed by atoms with Crippen LogP contribution in [-0.4, -0.2) is 63.7 Å². The van der Waals surface area contributed by atoms with Crippen LogP contribution >= 0.6 is 0 Å². The topological polar surface area (TPSA) is 111 Å². The SMILES string of the molecule is C[C@H]1[C@H](C(C)(C)O)[C@@H](CC(=O)N2Cc3ccccc3C[C@H]2CO)O[C@]12C(=O)N(Cc1ccccc1)c1ccc(N3CCCCC3=O)cc12. The van der Waals surface area contributed by atoms with E-state index in [0.717, 1.165) is 35.2 Å². The number of aliphatic hydroxyl groups excluding tert-OH is 1. The predicted molar refractivity (Wildman–Crippen MR) is 182 cm³/mol. The van der Waals surface area contributed by atoms with Crippen LogP contribution in [0.3, 0.4) is 0 Å². The Bertz CT molecular complexity index is 1720. The number of aliphatic hydroxyl groups is 2. The molecule has 3 aromatic carbocycles. The summed E-state index contributed by atoms with van der Waals surface area (Å²) in [4.78, 5) is 47.3. The van der Waals surface area contributed by atoms with Crippen LogP contribution in [0.15, 0.2) is 72.8 Å². The minimum absolute atomic E-state index is 0.0506. The van der Waals surface area contributed by atoms with Gasteiger partial charge >= 0.3 is 0 Å². The second kappa shape index (κ2) is 12.4. The highest BCUT2D eigenvalue weighted by Crippen LogP contribution is 2.58. The van der Waals surface area contributed by atoms with Crippen LogP contribution in [0.25, 0.3) is 0 Å². The summed E-state index contributed by atoms with van der Waals surface area (Å²) >= 11 is 0. The Morgan fingerprint density at radius 3 is 2.44 bits per heavy atom. The van der Waals surface area contributed by atoms with Crippen LogP contribution < -0.4 is 9.80 Å². The summed E-state index contributed by atoms with van der Waals surface area (Å²) in [5.74, 6) is -1.45. The molecule has 1 spiro atoms. The van der Waals surface area contributed by atoms with E-state index < -0.39 is 29.1 Å². The molecule has 252 valence electrons. The van der Waals surface area contributed by atoms with Crippen LogP contribution in [0.2, 0.25) is 0 Å². The summed E-state index contributed by atoms with van der Waals surface area (Å²) in [6.45, 7) is 6.51. The molecule has 48 heavy (non-hydrogen) atoms. The van der Waals surface area contributed by atoms with Crippen LogP contribution in [0.4, 0.5) is 11.4 Å². The van der Waals surface area contributed by atoms with Crippen molar-refractivity contribution in [1.29, 1.82) is 0 Å². The third-order valence-corrected chi connectivity index (χ3v) is 11.0. The van der Waals surface area contributed by atoms with Crippen molar-refractivity contribution in [3.05, 3.63) is 95.1 Å². The van der Waals surface area contributed by atoms with Crippen LogP contribution in [-0.2, 0) is 44.2 Å². The minimum Gasteiger partial charge on any atom is -0.394 e. The van der Waals surface area contributed by atoms with E-state index in [1.54, 1.807) is 28.5 Å². The highest BCUT2D eigenvalue weighted by Gasteiger charge is 2.66. The van der Waals surface area contributed by atoms with E-state index in [1.165, 1.54) is 0 Å². The maximum absolute atomic E-state index is 14.9. The van der Waals surface area contributed by atoms with E-state index in [4.69, 9.17) is 4.74 Å². The molecule has 4 aliphatic heterocycles. The first-order valence-corrected chi connectivity index (χ1v) is 17.2. The van der Waals surface area contributed by atoms with Crippen molar-refractivity contribution in [3.8, 4) is 0 Å². The molecule has 0 saturated carbocycles. The summed E-state index contributed by atoms with van der Waals surface area (Å²) in [6, 6.07) is 23.1. The van der Waals surface area contributed by atoms with E-state index in [-0.39, 0.29) is 36.8 Å². The minimum atomic E-state index is -1.47. The van der Waals surface area contributed by atoms with Gasteiger partial charge in [-0.1, -0.05) is 61.5 Å². The molecule has 2 N–H and O–H groups in total. The van der Waals surface area contributed by atoms with Crippen molar-refractivity contribution < 1.29 is 29.3 Å². The summed E-state index contributed by atoms with van der Waals surface area (Å²) < 4.78 is 6.97. The summed E-state index contributed by atoms with van der Waals surface area (Å²) in [5, 5.41) is 21.9. The monoisotopic (exact) mass is 651 g/mol. The van der Waals surface area contributed by atoms with Gasteiger partial charge in [-0.15, -0.1) is 0 Å². The molecule has 3 amide bonds. The molecule has 9 heteroatoms. The molecule has 0 aromatic heterocycles. The van der Waals surface area contributed by atoms with Gasteiger partial charge in [0.05, 0.1) is 43.0 Å². The molecule has 7 rings (SSSR count). The third-order valence-electron chi connectivity index (χ3n) is 11.0. The zero-order valence-electron chi connectivity index (χ0n) is 28.0. The molecule has 0 unspecified atom stereocenters. The van der Waals surface area contributed by atoms with E-state index in [9.17, 15) is 24.6 Å². The summed E-state index contributed by atoms with van der Waals surface area (Å²) in [6.07, 6.45) is 1.96. The number of carbonyl (C=O) groups is 3. The lowest BCUT2D eigenvalue weighted by Crippen LogP contribution is -2.48. The van der Waals surface area contributed by atoms with Crippen molar-refractivity contribution in [3.63, 3.8) is 0 Å². The number of carbonyl (C=O) groups excluding carboxylic acids is 3. The van der Waals surface area contributed by atoms with Crippen molar-refractivity contribution >= 4 is 29.1 Å². The van der Waals surface area contributed by atoms with Gasteiger partial charge in [-0.3, -0.25) is 14.4 Å². The molecule has 2 fully saturated rings. The Balaban J connectivity index is 1.28. The molecule has 0 bridgehead atoms. The first-order chi connectivity index (χ1) is 23.0. The van der Waals surface area contributed by atoms with Crippen molar-refractivity contribution in [2.24, 2.45) is 11.8 Å². The molecule has 0 radical (unpaired) electrons. The standard InChI is InChI=1S/C39H45N3O6/c1-25-36(38(2,3)47)33(21-35(45)41-23-28-14-8-7-13-27(28)19-30(41)24-43)48-39(25)31-20-29(40-18-10-9-15-34(40)44)16-17-32(31)42(37(39)46)22-26-11-5-4-6-12-26/h4-8,11-14,16-17,20,25,30,33,36,43,47H,9-10,15,18-19,21-24H2,1-3H3/t25-,30-,33+,36-,39+/m0/s1. The number of piperidine rings is 1. The number of rotatable bonds is 7. The lowest BCUT2D eigenvalue weighted by Gasteiger charge is -2.38. The van der Waals surface area contributed by atoms with Gasteiger partial charge in [0.2, 0.25) is 11.8 Å². The first-order valence-electron chi connectivity index (χ1n) is 17.2. The molecule has 0 aliphatic carbocycles. The van der Waals surface area contributed by atoms with Gasteiger partial charge in [0, 0.05) is 42.6 Å². The Hall–Kier alpha value is -4.05. The van der Waals surface area contributed by atoms with Crippen molar-refractivity contribution in [2.75, 3.05) is 23.0 Å². The Labute approximate surface area is 282 Å². The molecule has 4 aliphatic rings. The van der Waals surface area contributed by atoms with Gasteiger partial charge in [-0.05, 0) is 68.0 Å². The van der Waals surface area contributed by atoms with Crippen LogP contribution in [0.1, 0.15) is 68.7 Å². The Morgan fingerprint density at radius 2 is 1.73 bits per heavy atom. The first kappa shape index (κ1) is 32.5. The van der Waals surface area contributed by atoms with E-state index in [0.29, 0.717) is 43.7 Å². The number of ether oxygens (including phenoxy) is 1. The van der Waals surface area contributed by atoms with Crippen LogP contribution in [0.5, 0.6) is 0 Å². The lowest BCUT2D eigenvalue weighted by atomic mass is 9.70. The van der Waals surface area contributed by atoms with Gasteiger partial charge in [0.15, 0.2) is 5.60 Å². The van der Waals surface area contributed by atoms with E-state index >= 15 is 0 Å². The highest BCUT2D eigenvalue weighted by atomic mass is 16.5. The average molecular weight is 652 g/mol. The fourth-order valence-electron chi connectivity index (χ4n) is 8.77. The highest BCUT2D eigenvalue weighted by molar-refractivity contribution is 6.08. The zero-order valence-corrected chi connectivity index (χ0v) is 28.0. The van der Waals surface area contributed by atoms with Gasteiger partial charge in [-0.25, -0.2) is 0 Å². The average Bonchev–Trinajstić information content (AvgIpc) is 3.50. The number of amides is 3. The van der Waals surface area contributed by atoms with Gasteiger partial charge in [-0.2, -0.15) is 0 Å². The largest absolute Gasteiger partial charge is 0.394 e. The number of benzene rings is 3. The van der Waals surface area contributed by atoms with Crippen molar-refractivity contribution in [1.82, 2.24) is 4.90 Å². The normalized spacial score (nSPS) is 27.1. The van der Waals surface area contributed by atoms with Crippen molar-refractivity contribution in [2.45, 2.75) is 89.3 Å². The predicted octanol–water partition coefficient (Wildman–Crippen LogP) is 4.70. The third kappa shape index (κ3) is 5.42. The maximum atomic E-state index is 14.9. The molecular formula is C39H45N3O6. The molecular weight excluding hydrogens is 606 g/mol. The lowest BCUT2D eigenvalue weighted by molar-refractivity contribution is -0.151. The molecule has 9 nitrogen and oxygen atoms in total. The maximum Gasteiger partial charge on any atom is 0.264 e. The van der Waals surface area contributed by atoms with Crippen LogP contribution in [0, 0.1) is 11.8 Å². The fourth-order valence-corrected chi connectivity index (χ4v) is 8.77. The van der Waals surface area contributed by atoms with E-state index in [2.05, 4.69) is 0 Å². The van der Waals surface area contributed by atoms with Gasteiger partial charge in [0.1, 0.15) is 0 Å². The smallest absolute Gasteiger partial charge is 0.264 e. The summed E-state index contributed by atoms with van der Waals surface area (Å²) in [7, 11) is 0. The van der Waals surface area contributed by atoms with E-state index in [1.807, 2.05) is 79.7 Å². The fraction of sp³-hybridized carbons (Fsp3) is 0.462. The number of hydrogen-bond donors (Lipinski definition) is 2.